The monoisotopic (exact) mass is 486 g/mol. The van der Waals surface area contributed by atoms with Crippen LogP contribution in [0.5, 0.6) is 5.75 Å². The van der Waals surface area contributed by atoms with E-state index in [4.69, 9.17) is 19.2 Å². The van der Waals surface area contributed by atoms with Crippen LogP contribution in [0, 0.1) is 6.92 Å². The van der Waals surface area contributed by atoms with Gasteiger partial charge >= 0.3 is 0 Å². The third-order valence-electron chi connectivity index (χ3n) is 6.47. The maximum Gasteiger partial charge on any atom is 0.227 e. The first-order valence-corrected chi connectivity index (χ1v) is 12.7. The highest BCUT2D eigenvalue weighted by Crippen LogP contribution is 2.28. The first kappa shape index (κ1) is 24.4. The van der Waals surface area contributed by atoms with E-state index in [2.05, 4.69) is 39.5 Å². The van der Waals surface area contributed by atoms with Crippen LogP contribution in [0.15, 0.2) is 60.8 Å². The molecule has 0 radical (unpaired) electrons. The molecule has 0 unspecified atom stereocenters. The molecule has 2 aliphatic rings. The number of nitrogens with zero attached hydrogens (tertiary/aromatic N) is 3. The number of ether oxygens (including phenoxy) is 3. The molecular formula is C29H34N4O3. The van der Waals surface area contributed by atoms with Gasteiger partial charge in [-0.25, -0.2) is 9.97 Å². The van der Waals surface area contributed by atoms with Crippen molar-refractivity contribution in [2.45, 2.75) is 33.0 Å². The maximum absolute atomic E-state index is 6.18. The van der Waals surface area contributed by atoms with Crippen molar-refractivity contribution in [3.05, 3.63) is 77.5 Å². The minimum absolute atomic E-state index is 0.449. The van der Waals surface area contributed by atoms with E-state index < -0.39 is 0 Å². The number of rotatable bonds is 4. The predicted octanol–water partition coefficient (Wildman–Crippen LogP) is 5.27. The van der Waals surface area contributed by atoms with Crippen molar-refractivity contribution in [2.75, 3.05) is 44.8 Å². The molecule has 2 aromatic carbocycles. The summed E-state index contributed by atoms with van der Waals surface area (Å²) >= 11 is 0. The second-order valence-corrected chi connectivity index (χ2v) is 9.27. The van der Waals surface area contributed by atoms with Crippen molar-refractivity contribution in [1.82, 2.24) is 14.9 Å². The van der Waals surface area contributed by atoms with Crippen LogP contribution in [0.1, 0.15) is 29.5 Å². The van der Waals surface area contributed by atoms with E-state index in [9.17, 15) is 0 Å². The van der Waals surface area contributed by atoms with Crippen molar-refractivity contribution in [1.29, 1.82) is 0 Å². The van der Waals surface area contributed by atoms with Crippen molar-refractivity contribution < 1.29 is 14.2 Å². The van der Waals surface area contributed by atoms with Gasteiger partial charge in [-0.05, 0) is 68.2 Å². The number of nitrogens with one attached hydrogen (secondary N) is 1. The van der Waals surface area contributed by atoms with Crippen LogP contribution in [0.2, 0.25) is 0 Å². The van der Waals surface area contributed by atoms with Gasteiger partial charge in [-0.3, -0.25) is 4.90 Å². The lowest BCUT2D eigenvalue weighted by atomic mass is 10.1. The summed E-state index contributed by atoms with van der Waals surface area (Å²) in [6.45, 7) is 8.01. The summed E-state index contributed by atoms with van der Waals surface area (Å²) in [5.74, 6) is 1.40. The second-order valence-electron chi connectivity index (χ2n) is 9.27. The van der Waals surface area contributed by atoms with E-state index in [1.807, 2.05) is 43.5 Å². The molecule has 7 nitrogen and oxygen atoms in total. The molecule has 6 bridgehead atoms. The number of hydrogen-bond acceptors (Lipinski definition) is 7. The zero-order chi connectivity index (χ0) is 24.6. The molecule has 0 aliphatic carbocycles. The van der Waals surface area contributed by atoms with Crippen molar-refractivity contribution in [3.8, 4) is 17.0 Å². The largest absolute Gasteiger partial charge is 0.492 e. The molecule has 36 heavy (non-hydrogen) atoms. The molecule has 7 heteroatoms. The molecule has 5 rings (SSSR count). The van der Waals surface area contributed by atoms with Gasteiger partial charge in [-0.1, -0.05) is 30.4 Å². The third-order valence-corrected chi connectivity index (χ3v) is 6.47. The number of anilines is 2. The van der Waals surface area contributed by atoms with E-state index in [-0.39, 0.29) is 0 Å². The summed E-state index contributed by atoms with van der Waals surface area (Å²) in [6.07, 6.45) is 8.42. The first-order valence-electron chi connectivity index (χ1n) is 12.7. The molecule has 0 saturated carbocycles. The molecule has 1 fully saturated rings. The van der Waals surface area contributed by atoms with Crippen LogP contribution in [0.25, 0.3) is 11.3 Å². The van der Waals surface area contributed by atoms with E-state index in [0.717, 1.165) is 45.9 Å². The normalized spacial score (nSPS) is 16.7. The Balaban J connectivity index is 1.39. The second kappa shape index (κ2) is 12.1. The van der Waals surface area contributed by atoms with Crippen LogP contribution >= 0.6 is 0 Å². The van der Waals surface area contributed by atoms with Gasteiger partial charge in [0.2, 0.25) is 5.95 Å². The van der Waals surface area contributed by atoms with Gasteiger partial charge < -0.3 is 19.5 Å². The Morgan fingerprint density at radius 2 is 1.83 bits per heavy atom. The standard InChI is InChI=1S/C29H34N4O3/c1-22-19-30-29-31-26-9-10-27(36-16-13-33-11-2-3-12-33)25(18-26)21-35-15-5-4-14-34-20-23-7-6-8-24(17-23)28(22)32-29/h4-10,17-19H,2-3,11-16,20-21H2,1H3,(H,30,31,32). The van der Waals surface area contributed by atoms with E-state index in [1.54, 1.807) is 0 Å². The van der Waals surface area contributed by atoms with Gasteiger partial charge in [0.15, 0.2) is 0 Å². The highest BCUT2D eigenvalue weighted by atomic mass is 16.5. The van der Waals surface area contributed by atoms with Crippen LogP contribution in [-0.2, 0) is 22.7 Å². The van der Waals surface area contributed by atoms with Crippen LogP contribution < -0.4 is 10.1 Å². The minimum Gasteiger partial charge on any atom is -0.492 e. The lowest BCUT2D eigenvalue weighted by molar-refractivity contribution is 0.138. The fraction of sp³-hybridized carbons (Fsp3) is 0.379. The fourth-order valence-electron chi connectivity index (χ4n) is 4.55. The van der Waals surface area contributed by atoms with Crippen molar-refractivity contribution >= 4 is 11.6 Å². The summed E-state index contributed by atoms with van der Waals surface area (Å²) in [5.41, 5.74) is 5.97. The van der Waals surface area contributed by atoms with Gasteiger partial charge in [-0.15, -0.1) is 0 Å². The van der Waals surface area contributed by atoms with Crippen molar-refractivity contribution in [2.24, 2.45) is 0 Å². The molecule has 1 aromatic heterocycles. The lowest BCUT2D eigenvalue weighted by Gasteiger charge is -2.17. The number of hydrogen-bond donors (Lipinski definition) is 1. The Morgan fingerprint density at radius 1 is 1.00 bits per heavy atom. The summed E-state index contributed by atoms with van der Waals surface area (Å²) in [4.78, 5) is 11.8. The minimum atomic E-state index is 0.449. The third kappa shape index (κ3) is 6.49. The number of benzene rings is 2. The van der Waals surface area contributed by atoms with Crippen LogP contribution in [0.4, 0.5) is 11.6 Å². The van der Waals surface area contributed by atoms with Gasteiger partial charge in [0.25, 0.3) is 0 Å². The van der Waals surface area contributed by atoms with Gasteiger partial charge in [-0.2, -0.15) is 0 Å². The zero-order valence-corrected chi connectivity index (χ0v) is 20.9. The average molecular weight is 487 g/mol. The topological polar surface area (TPSA) is 68.7 Å². The Morgan fingerprint density at radius 3 is 2.69 bits per heavy atom. The Hall–Kier alpha value is -3.26. The number of fused-ring (bicyclic) bond motifs is 7. The predicted molar refractivity (Wildman–Crippen MR) is 142 cm³/mol. The van der Waals surface area contributed by atoms with E-state index in [0.29, 0.717) is 39.0 Å². The Labute approximate surface area is 213 Å². The molecule has 1 saturated heterocycles. The molecule has 2 aliphatic heterocycles. The van der Waals surface area contributed by atoms with Gasteiger partial charge in [0.05, 0.1) is 32.1 Å². The van der Waals surface area contributed by atoms with Gasteiger partial charge in [0, 0.05) is 29.6 Å². The SMILES string of the molecule is Cc1cnc2nc1-c1cccc(c1)COCC=CCOCc1cc(ccc1OCCN1CCCC1)N2. The Bertz CT molecular complexity index is 1190. The summed E-state index contributed by atoms with van der Waals surface area (Å²) in [7, 11) is 0. The maximum atomic E-state index is 6.18. The molecular weight excluding hydrogens is 452 g/mol. The summed E-state index contributed by atoms with van der Waals surface area (Å²) in [6, 6.07) is 14.4. The fourth-order valence-corrected chi connectivity index (χ4v) is 4.55. The molecule has 0 amide bonds. The number of aryl methyl sites for hydroxylation is 1. The Kier molecular flexibility index (Phi) is 8.23. The highest BCUT2D eigenvalue weighted by molar-refractivity contribution is 5.66. The van der Waals surface area contributed by atoms with Crippen LogP contribution in [0.3, 0.4) is 0 Å². The van der Waals surface area contributed by atoms with Crippen molar-refractivity contribution in [3.63, 3.8) is 0 Å². The molecule has 3 heterocycles. The molecule has 0 atom stereocenters. The van der Waals surface area contributed by atoms with Crippen LogP contribution in [-0.4, -0.2) is 54.3 Å². The van der Waals surface area contributed by atoms with E-state index in [1.165, 1.54) is 25.9 Å². The first-order chi connectivity index (χ1) is 17.7. The summed E-state index contributed by atoms with van der Waals surface area (Å²) < 4.78 is 18.0. The molecule has 3 aromatic rings. The molecule has 0 spiro atoms. The number of aromatic nitrogens is 2. The van der Waals surface area contributed by atoms with Gasteiger partial charge in [0.1, 0.15) is 12.4 Å². The molecule has 1 N–H and O–H groups in total. The zero-order valence-electron chi connectivity index (χ0n) is 20.9. The molecule has 188 valence electrons. The summed E-state index contributed by atoms with van der Waals surface area (Å²) in [5, 5.41) is 3.37. The quantitative estimate of drug-likeness (QED) is 0.504. The number of likely N-dealkylation sites (tertiary alicyclic amines) is 1. The van der Waals surface area contributed by atoms with E-state index >= 15 is 0 Å². The highest BCUT2D eigenvalue weighted by Gasteiger charge is 2.13. The smallest absolute Gasteiger partial charge is 0.227 e. The average Bonchev–Trinajstić information content (AvgIpc) is 3.41. The lowest BCUT2D eigenvalue weighted by Crippen LogP contribution is -2.25.